The van der Waals surface area contributed by atoms with Gasteiger partial charge in [-0.1, -0.05) is 53.0 Å². The van der Waals surface area contributed by atoms with Crippen LogP contribution in [0.4, 0.5) is 22.7 Å². The number of benzene rings is 4. The summed E-state index contributed by atoms with van der Waals surface area (Å²) >= 11 is 13.0. The van der Waals surface area contributed by atoms with Gasteiger partial charge in [-0.2, -0.15) is 5.10 Å². The Balaban J connectivity index is 1.43. The van der Waals surface area contributed by atoms with Gasteiger partial charge in [-0.15, -0.1) is 10.2 Å². The Morgan fingerprint density at radius 1 is 0.760 bits per heavy atom. The van der Waals surface area contributed by atoms with Crippen molar-refractivity contribution in [3.63, 3.8) is 0 Å². The summed E-state index contributed by atoms with van der Waals surface area (Å²) in [5.74, 6) is -3.01. The van der Waals surface area contributed by atoms with Gasteiger partial charge in [0.1, 0.15) is 17.2 Å². The van der Waals surface area contributed by atoms with E-state index < -0.39 is 23.6 Å². The van der Waals surface area contributed by atoms with E-state index >= 15 is 0 Å². The zero-order valence-corrected chi connectivity index (χ0v) is 28.8. The zero-order valence-electron chi connectivity index (χ0n) is 27.3. The number of carbonyl (C=O) groups excluding carboxylic acids is 3. The lowest BCUT2D eigenvalue weighted by atomic mass is 10.0. The summed E-state index contributed by atoms with van der Waals surface area (Å²) in [6.45, 7) is 6.41. The number of aliphatic hydroxyl groups excluding tert-OH is 1. The fourth-order valence-corrected chi connectivity index (χ4v) is 4.94. The van der Waals surface area contributed by atoms with Gasteiger partial charge in [-0.3, -0.25) is 19.8 Å². The highest BCUT2D eigenvalue weighted by atomic mass is 35.5. The first-order valence-electron chi connectivity index (χ1n) is 15.0. The number of halogens is 2. The molecule has 5 N–H and O–H groups in total. The number of azo groups is 1. The van der Waals surface area contributed by atoms with Crippen LogP contribution < -0.4 is 16.1 Å². The number of carboxylic acids is 1. The largest absolute Gasteiger partial charge is 0.510 e. The summed E-state index contributed by atoms with van der Waals surface area (Å²) in [6.07, 6.45) is -0.340. The third-order valence-corrected chi connectivity index (χ3v) is 7.77. The number of rotatable bonds is 12. The van der Waals surface area contributed by atoms with Crippen molar-refractivity contribution in [1.82, 2.24) is 0 Å². The maximum Gasteiger partial charge on any atom is 0.335 e. The molecule has 0 saturated heterocycles. The Morgan fingerprint density at radius 2 is 1.40 bits per heavy atom. The second-order valence-electron chi connectivity index (χ2n) is 11.1. The van der Waals surface area contributed by atoms with Crippen LogP contribution in [0.15, 0.2) is 106 Å². The molecule has 0 radical (unpaired) electrons. The topological polar surface area (TPSA) is 182 Å². The van der Waals surface area contributed by atoms with Crippen LogP contribution in [0.3, 0.4) is 0 Å². The highest BCUT2D eigenvalue weighted by Crippen LogP contribution is 2.34. The van der Waals surface area contributed by atoms with E-state index in [4.69, 9.17) is 28.3 Å². The molecule has 4 aromatic carbocycles. The third-order valence-electron chi connectivity index (χ3n) is 7.16. The molecular formula is C36H32Cl2N6O6. The number of allylic oxidation sites excluding steroid dienone is 1. The highest BCUT2D eigenvalue weighted by Gasteiger charge is 2.16. The quantitative estimate of drug-likeness (QED) is 0.0319. The van der Waals surface area contributed by atoms with Crippen LogP contribution in [0.5, 0.6) is 0 Å². The van der Waals surface area contributed by atoms with Gasteiger partial charge in [0, 0.05) is 18.3 Å². The lowest BCUT2D eigenvalue weighted by Crippen LogP contribution is -2.22. The van der Waals surface area contributed by atoms with Crippen LogP contribution in [0.2, 0.25) is 10.0 Å². The molecule has 4 rings (SSSR count). The number of aryl methyl sites for hydroxylation is 2. The van der Waals surface area contributed by atoms with Crippen molar-refractivity contribution in [1.29, 1.82) is 0 Å². The number of nitrogens with one attached hydrogen (secondary N) is 3. The predicted molar refractivity (Wildman–Crippen MR) is 195 cm³/mol. The molecule has 12 nitrogen and oxygen atoms in total. The van der Waals surface area contributed by atoms with Gasteiger partial charge in [0.25, 0.3) is 5.91 Å². The SMILES string of the molecule is CC(=O)/C(CC(=O)Nc1ccc(C(=O)O)cc1)=N\Nc1ccc(-c2ccc(N=N/C(C(=O)Nc3ccc(C)cc3C)=C(\C)O)c(Cl)c2)cc1Cl. The van der Waals surface area contributed by atoms with E-state index in [0.29, 0.717) is 28.2 Å². The Bertz CT molecular complexity index is 2070. The molecule has 256 valence electrons. The van der Waals surface area contributed by atoms with E-state index in [0.717, 1.165) is 11.1 Å². The van der Waals surface area contributed by atoms with Gasteiger partial charge in [0.15, 0.2) is 11.5 Å². The average molecular weight is 716 g/mol. The standard InChI is InChI=1S/C36H32Cl2N6O6/c1-19-5-12-29(20(2)15-19)40-35(48)34(22(4)46)44-42-31-14-9-25(17-28(31)38)24-8-13-30(27(37)16-24)41-43-32(21(3)45)18-33(47)39-26-10-6-23(7-11-26)36(49)50/h5-17,41,46H,18H2,1-4H3,(H,39,47)(H,40,48)(H,49,50)/b34-22+,43-32-,44-42?. The van der Waals surface area contributed by atoms with Crippen molar-refractivity contribution in [3.05, 3.63) is 117 Å². The van der Waals surface area contributed by atoms with Crippen molar-refractivity contribution in [2.24, 2.45) is 15.3 Å². The number of carboxylic acid groups (broad SMARTS) is 1. The van der Waals surface area contributed by atoms with Crippen LogP contribution in [0.25, 0.3) is 11.1 Å². The maximum absolute atomic E-state index is 12.9. The van der Waals surface area contributed by atoms with Gasteiger partial charge in [-0.25, -0.2) is 4.79 Å². The molecule has 0 aliphatic carbocycles. The normalized spacial score (nSPS) is 11.9. The van der Waals surface area contributed by atoms with Crippen molar-refractivity contribution in [3.8, 4) is 11.1 Å². The number of hydrogen-bond acceptors (Lipinski definition) is 9. The van der Waals surface area contributed by atoms with Gasteiger partial charge in [-0.05, 0) is 92.1 Å². The molecule has 0 saturated carbocycles. The summed E-state index contributed by atoms with van der Waals surface area (Å²) in [4.78, 5) is 48.6. The fourth-order valence-electron chi connectivity index (χ4n) is 4.50. The molecule has 0 spiro atoms. The second kappa shape index (κ2) is 16.5. The number of aliphatic hydroxyl groups is 1. The van der Waals surface area contributed by atoms with Gasteiger partial charge < -0.3 is 20.8 Å². The van der Waals surface area contributed by atoms with Crippen LogP contribution in [-0.2, 0) is 14.4 Å². The molecule has 14 heteroatoms. The second-order valence-corrected chi connectivity index (χ2v) is 11.9. The lowest BCUT2D eigenvalue weighted by molar-refractivity contribution is -0.116. The van der Waals surface area contributed by atoms with E-state index in [1.165, 1.54) is 38.1 Å². The van der Waals surface area contributed by atoms with Gasteiger partial charge in [0.05, 0.1) is 27.7 Å². The Morgan fingerprint density at radius 3 is 1.98 bits per heavy atom. The minimum Gasteiger partial charge on any atom is -0.510 e. The number of aromatic carboxylic acids is 1. The molecule has 2 amide bonds. The number of hydrogen-bond donors (Lipinski definition) is 5. The minimum atomic E-state index is -1.09. The Hall–Kier alpha value is -5.85. The summed E-state index contributed by atoms with van der Waals surface area (Å²) in [6, 6.07) is 21.1. The number of Topliss-reactive ketones (excluding diaryl/α,β-unsaturated/α-hetero) is 1. The first-order chi connectivity index (χ1) is 23.7. The molecule has 0 unspecified atom stereocenters. The molecule has 0 aliphatic heterocycles. The van der Waals surface area contributed by atoms with E-state index in [2.05, 4.69) is 31.4 Å². The van der Waals surface area contributed by atoms with Gasteiger partial charge >= 0.3 is 5.97 Å². The molecule has 50 heavy (non-hydrogen) atoms. The smallest absolute Gasteiger partial charge is 0.335 e. The number of ketones is 1. The van der Waals surface area contributed by atoms with Crippen LogP contribution in [0, 0.1) is 13.8 Å². The Kier molecular flexibility index (Phi) is 12.2. The first-order valence-corrected chi connectivity index (χ1v) is 15.7. The number of hydrazone groups is 1. The van der Waals surface area contributed by atoms with E-state index in [-0.39, 0.29) is 44.9 Å². The van der Waals surface area contributed by atoms with Crippen molar-refractivity contribution < 1.29 is 29.4 Å². The summed E-state index contributed by atoms with van der Waals surface area (Å²) in [5.41, 5.74) is 7.30. The van der Waals surface area contributed by atoms with Crippen molar-refractivity contribution in [2.45, 2.75) is 34.1 Å². The minimum absolute atomic E-state index is 0.0570. The van der Waals surface area contributed by atoms with Crippen LogP contribution in [-0.4, -0.2) is 39.5 Å². The summed E-state index contributed by atoms with van der Waals surface area (Å²) in [5, 5.41) is 37.1. The number of carbonyl (C=O) groups is 4. The van der Waals surface area contributed by atoms with Gasteiger partial charge in [0.2, 0.25) is 5.91 Å². The molecular weight excluding hydrogens is 683 g/mol. The Labute approximate surface area is 297 Å². The number of anilines is 3. The van der Waals surface area contributed by atoms with E-state index in [1.807, 2.05) is 26.0 Å². The average Bonchev–Trinajstić information content (AvgIpc) is 3.05. The molecule has 0 fully saturated rings. The third kappa shape index (κ3) is 9.84. The monoisotopic (exact) mass is 714 g/mol. The van der Waals surface area contributed by atoms with Crippen molar-refractivity contribution >= 4 is 75.2 Å². The van der Waals surface area contributed by atoms with E-state index in [1.54, 1.807) is 42.5 Å². The number of amides is 2. The number of nitrogens with zero attached hydrogens (tertiary/aromatic N) is 3. The van der Waals surface area contributed by atoms with Crippen LogP contribution >= 0.6 is 23.2 Å². The molecule has 0 heterocycles. The molecule has 0 bridgehead atoms. The zero-order chi connectivity index (χ0) is 36.5. The lowest BCUT2D eigenvalue weighted by Gasteiger charge is -2.10. The predicted octanol–water partition coefficient (Wildman–Crippen LogP) is 8.87. The maximum atomic E-state index is 12.9. The molecule has 4 aromatic rings. The highest BCUT2D eigenvalue weighted by molar-refractivity contribution is 6.42. The molecule has 0 aromatic heterocycles. The molecule has 0 aliphatic rings. The first kappa shape index (κ1) is 37.0. The molecule has 0 atom stereocenters. The summed E-state index contributed by atoms with van der Waals surface area (Å²) in [7, 11) is 0. The summed E-state index contributed by atoms with van der Waals surface area (Å²) < 4.78 is 0. The van der Waals surface area contributed by atoms with E-state index in [9.17, 15) is 24.3 Å². The fraction of sp³-hybridized carbons (Fsp3) is 0.139. The van der Waals surface area contributed by atoms with Crippen molar-refractivity contribution in [2.75, 3.05) is 16.1 Å². The van der Waals surface area contributed by atoms with Crippen LogP contribution in [0.1, 0.15) is 41.8 Å².